The highest BCUT2D eigenvalue weighted by atomic mass is 35.5. The maximum absolute atomic E-state index is 13.6. The van der Waals surface area contributed by atoms with Crippen molar-refractivity contribution in [1.82, 2.24) is 29.6 Å². The third-order valence-corrected chi connectivity index (χ3v) is 6.47. The fraction of sp³-hybridized carbons (Fsp3) is 0.308. The van der Waals surface area contributed by atoms with E-state index < -0.39 is 0 Å². The van der Waals surface area contributed by atoms with Gasteiger partial charge in [0.2, 0.25) is 0 Å². The third-order valence-electron chi connectivity index (χ3n) is 6.15. The number of nitrogens with zero attached hydrogens (tertiary/aromatic N) is 7. The van der Waals surface area contributed by atoms with E-state index in [2.05, 4.69) is 42.1 Å². The lowest BCUT2D eigenvalue weighted by molar-refractivity contribution is 0.542. The molecular weight excluding hydrogens is 490 g/mol. The summed E-state index contributed by atoms with van der Waals surface area (Å²) in [7, 11) is 0. The molecule has 1 saturated heterocycles. The van der Waals surface area contributed by atoms with Crippen LogP contribution in [-0.4, -0.2) is 49.2 Å². The van der Waals surface area contributed by atoms with Crippen molar-refractivity contribution in [2.75, 3.05) is 35.7 Å². The van der Waals surface area contributed by atoms with Crippen molar-refractivity contribution in [3.63, 3.8) is 0 Å². The number of rotatable bonds is 5. The minimum absolute atomic E-state index is 0.144. The van der Waals surface area contributed by atoms with Gasteiger partial charge in [-0.1, -0.05) is 36.4 Å². The van der Waals surface area contributed by atoms with Crippen LogP contribution in [-0.2, 0) is 6.42 Å². The molecule has 4 aromatic rings. The Kier molecular flexibility index (Phi) is 7.42. The van der Waals surface area contributed by atoms with Crippen molar-refractivity contribution < 1.29 is 0 Å². The van der Waals surface area contributed by atoms with Crippen LogP contribution in [0.25, 0.3) is 10.9 Å². The molecule has 4 heterocycles. The summed E-state index contributed by atoms with van der Waals surface area (Å²) in [6.45, 7) is 2.04. The number of nitrogen functional groups attached to an aromatic ring is 1. The van der Waals surface area contributed by atoms with E-state index in [1.807, 2.05) is 6.07 Å². The lowest BCUT2D eigenvalue weighted by Crippen LogP contribution is -2.45. The molecule has 1 aliphatic rings. The second-order valence-electron chi connectivity index (χ2n) is 8.65. The Morgan fingerprint density at radius 2 is 1.89 bits per heavy atom. The zero-order chi connectivity index (χ0) is 25.6. The van der Waals surface area contributed by atoms with Gasteiger partial charge in [0.1, 0.15) is 35.0 Å². The van der Waals surface area contributed by atoms with E-state index in [0.29, 0.717) is 51.8 Å². The van der Waals surface area contributed by atoms with Crippen LogP contribution in [0.3, 0.4) is 0 Å². The van der Waals surface area contributed by atoms with Gasteiger partial charge in [-0.25, -0.2) is 24.6 Å². The van der Waals surface area contributed by atoms with E-state index in [4.69, 9.17) is 22.3 Å². The average Bonchev–Trinajstić information content (AvgIpc) is 3.18. The molecule has 3 aromatic heterocycles. The Labute approximate surface area is 218 Å². The van der Waals surface area contributed by atoms with E-state index in [1.54, 1.807) is 35.4 Å². The standard InChI is InChI=1S/C26H26ClN9O/c27-20-6-5-7-21-23(20)26(37)36(35-14-3-1-2-4-15-35)22(34-21)10-11-31-25-19(24(28)32-17-33-25)9-8-18-16-29-12-13-30-18/h5-7,12-13,16-17H,1-4,10-11,14-15H2,(H3,28,31,32,33). The van der Waals surface area contributed by atoms with Gasteiger partial charge in [0.25, 0.3) is 5.56 Å². The summed E-state index contributed by atoms with van der Waals surface area (Å²) < 4.78 is 1.71. The van der Waals surface area contributed by atoms with Gasteiger partial charge in [0.15, 0.2) is 0 Å². The molecule has 5 rings (SSSR count). The predicted molar refractivity (Wildman–Crippen MR) is 144 cm³/mol. The van der Waals surface area contributed by atoms with Gasteiger partial charge < -0.3 is 16.1 Å². The van der Waals surface area contributed by atoms with E-state index in [0.717, 1.165) is 38.8 Å². The van der Waals surface area contributed by atoms with Crippen LogP contribution >= 0.6 is 11.6 Å². The zero-order valence-corrected chi connectivity index (χ0v) is 20.9. The van der Waals surface area contributed by atoms with Crippen molar-refractivity contribution in [2.24, 2.45) is 0 Å². The summed E-state index contributed by atoms with van der Waals surface area (Å²) in [6.07, 6.45) is 10.9. The van der Waals surface area contributed by atoms with Crippen molar-refractivity contribution >= 4 is 34.1 Å². The minimum Gasteiger partial charge on any atom is -0.382 e. The van der Waals surface area contributed by atoms with Crippen molar-refractivity contribution in [3.05, 3.63) is 75.6 Å². The summed E-state index contributed by atoms with van der Waals surface area (Å²) in [5, 5.41) is 6.24. The molecule has 188 valence electrons. The Hall–Kier alpha value is -4.23. The van der Waals surface area contributed by atoms with Crippen LogP contribution in [0.1, 0.15) is 42.8 Å². The van der Waals surface area contributed by atoms with Gasteiger partial charge in [-0.05, 0) is 30.9 Å². The largest absolute Gasteiger partial charge is 0.382 e. The molecule has 0 radical (unpaired) electrons. The number of aromatic nitrogens is 6. The molecule has 0 atom stereocenters. The Morgan fingerprint density at radius 3 is 2.68 bits per heavy atom. The normalized spacial score (nSPS) is 13.6. The molecule has 37 heavy (non-hydrogen) atoms. The average molecular weight is 516 g/mol. The molecule has 0 unspecified atom stereocenters. The number of hydrogen-bond donors (Lipinski definition) is 2. The molecule has 11 heteroatoms. The third kappa shape index (κ3) is 5.47. The van der Waals surface area contributed by atoms with Crippen molar-refractivity contribution in [3.8, 4) is 11.8 Å². The van der Waals surface area contributed by atoms with Crippen LogP contribution < -0.4 is 21.6 Å². The molecule has 1 fully saturated rings. The van der Waals surface area contributed by atoms with Crippen molar-refractivity contribution in [1.29, 1.82) is 0 Å². The van der Waals surface area contributed by atoms with Gasteiger partial charge in [-0.15, -0.1) is 0 Å². The smallest absolute Gasteiger partial charge is 0.281 e. The second kappa shape index (κ2) is 11.2. The summed E-state index contributed by atoms with van der Waals surface area (Å²) in [6, 6.07) is 5.35. The van der Waals surface area contributed by atoms with Crippen LogP contribution in [0.2, 0.25) is 5.02 Å². The maximum Gasteiger partial charge on any atom is 0.281 e. The number of nitrogens with one attached hydrogen (secondary N) is 1. The highest BCUT2D eigenvalue weighted by Gasteiger charge is 2.19. The molecule has 0 amide bonds. The minimum atomic E-state index is -0.144. The summed E-state index contributed by atoms with van der Waals surface area (Å²) >= 11 is 6.42. The topological polar surface area (TPSA) is 128 Å². The predicted octanol–water partition coefficient (Wildman–Crippen LogP) is 2.78. The summed E-state index contributed by atoms with van der Waals surface area (Å²) in [5.74, 6) is 7.35. The van der Waals surface area contributed by atoms with Crippen molar-refractivity contribution in [2.45, 2.75) is 32.1 Å². The Bertz CT molecular complexity index is 1520. The lowest BCUT2D eigenvalue weighted by Gasteiger charge is -2.27. The molecule has 0 bridgehead atoms. The van der Waals surface area contributed by atoms with E-state index in [9.17, 15) is 4.79 Å². The van der Waals surface area contributed by atoms with E-state index in [-0.39, 0.29) is 11.4 Å². The van der Waals surface area contributed by atoms with E-state index >= 15 is 0 Å². The first-order valence-corrected chi connectivity index (χ1v) is 12.6. The Morgan fingerprint density at radius 1 is 1.05 bits per heavy atom. The fourth-order valence-electron chi connectivity index (χ4n) is 4.37. The molecule has 0 saturated carbocycles. The molecule has 1 aliphatic heterocycles. The highest BCUT2D eigenvalue weighted by molar-refractivity contribution is 6.35. The summed E-state index contributed by atoms with van der Waals surface area (Å²) in [4.78, 5) is 35.1. The number of benzene rings is 1. The first-order chi connectivity index (χ1) is 18.1. The van der Waals surface area contributed by atoms with E-state index in [1.165, 1.54) is 6.33 Å². The fourth-order valence-corrected chi connectivity index (χ4v) is 4.62. The molecule has 0 aliphatic carbocycles. The quantitative estimate of drug-likeness (QED) is 0.385. The zero-order valence-electron chi connectivity index (χ0n) is 20.2. The lowest BCUT2D eigenvalue weighted by atomic mass is 10.2. The SMILES string of the molecule is Nc1ncnc(NCCc2nc3cccc(Cl)c3c(=O)n2N2CCCCCC2)c1C#Cc1cnccn1. The number of fused-ring (bicyclic) bond motifs is 1. The van der Waals surface area contributed by atoms with Gasteiger partial charge in [-0.3, -0.25) is 9.78 Å². The van der Waals surface area contributed by atoms with Gasteiger partial charge in [0, 0.05) is 38.4 Å². The monoisotopic (exact) mass is 515 g/mol. The molecule has 1 aromatic carbocycles. The van der Waals surface area contributed by atoms with Gasteiger partial charge >= 0.3 is 0 Å². The van der Waals surface area contributed by atoms with Crippen LogP contribution in [0.5, 0.6) is 0 Å². The first-order valence-electron chi connectivity index (χ1n) is 12.2. The number of halogens is 1. The van der Waals surface area contributed by atoms with Crippen LogP contribution in [0.4, 0.5) is 11.6 Å². The molecule has 3 N–H and O–H groups in total. The van der Waals surface area contributed by atoms with Gasteiger partial charge in [0.05, 0.1) is 22.1 Å². The molecule has 10 nitrogen and oxygen atoms in total. The number of nitrogens with two attached hydrogens (primary N) is 1. The summed E-state index contributed by atoms with van der Waals surface area (Å²) in [5.41, 5.74) is 7.51. The highest BCUT2D eigenvalue weighted by Crippen LogP contribution is 2.20. The Balaban J connectivity index is 1.44. The van der Waals surface area contributed by atoms with Crippen LogP contribution in [0, 0.1) is 11.8 Å². The maximum atomic E-state index is 13.6. The molecule has 0 spiro atoms. The number of hydrogen-bond acceptors (Lipinski definition) is 9. The van der Waals surface area contributed by atoms with Crippen LogP contribution in [0.15, 0.2) is 47.9 Å². The second-order valence-corrected chi connectivity index (χ2v) is 9.05. The first kappa shape index (κ1) is 24.5. The number of anilines is 2. The van der Waals surface area contributed by atoms with Gasteiger partial charge in [-0.2, -0.15) is 0 Å². The molecular formula is C26H26ClN9O.